The fraction of sp³-hybridized carbons (Fsp3) is 0.325. The van der Waals surface area contributed by atoms with Crippen LogP contribution in [0.4, 0.5) is 0 Å². The Hall–Kier alpha value is -6.24. The van der Waals surface area contributed by atoms with Crippen LogP contribution in [0.25, 0.3) is 10.9 Å². The van der Waals surface area contributed by atoms with Crippen LogP contribution in [0.1, 0.15) is 30.0 Å². The average Bonchev–Trinajstić information content (AvgIpc) is 3.60. The molecule has 0 radical (unpaired) electrons. The number of carbonyl (C=O) groups is 7. The number of aliphatic carboxylic acids is 2. The summed E-state index contributed by atoms with van der Waals surface area (Å²) in [6.07, 6.45) is -0.892. The van der Waals surface area contributed by atoms with Crippen LogP contribution < -0.4 is 32.3 Å². The molecule has 0 aliphatic rings. The van der Waals surface area contributed by atoms with Crippen molar-refractivity contribution in [1.29, 1.82) is 0 Å². The van der Waals surface area contributed by atoms with Crippen LogP contribution in [-0.2, 0) is 52.8 Å². The molecule has 0 saturated carbocycles. The molecule has 0 aliphatic carbocycles. The number of carboxylic acid groups (broad SMARTS) is 2. The molecule has 11 N–H and O–H groups in total. The van der Waals surface area contributed by atoms with Crippen molar-refractivity contribution in [1.82, 2.24) is 31.6 Å². The molecule has 4 aromatic rings. The van der Waals surface area contributed by atoms with Crippen LogP contribution >= 0.6 is 12.6 Å². The minimum absolute atomic E-state index is 0.0965. The van der Waals surface area contributed by atoms with Gasteiger partial charge in [0.2, 0.25) is 29.5 Å². The van der Waals surface area contributed by atoms with Crippen molar-refractivity contribution in [3.63, 3.8) is 0 Å². The fourth-order valence-electron chi connectivity index (χ4n) is 6.06. The normalized spacial score (nSPS) is 14.7. The number of benzene rings is 3. The Morgan fingerprint density at radius 1 is 0.638 bits per heavy atom. The SMILES string of the molecule is C[C@@H](O)[C@H](NC(=O)[C@@H](N)Cc1c[nH]c2ccccc12)C(=O)N[C@@H](Cc1ccccc1)C(=O)N[C@@H](CC(=O)O)C(=O)N[C@@H](Cc1ccccc1)C(=O)N[C@@H](CS)C(=O)O. The average molecular weight is 818 g/mol. The quantitative estimate of drug-likeness (QED) is 0.0491. The molecule has 0 unspecified atom stereocenters. The monoisotopic (exact) mass is 817 g/mol. The van der Waals surface area contributed by atoms with Gasteiger partial charge in [0, 0.05) is 35.7 Å². The molecule has 5 amide bonds. The van der Waals surface area contributed by atoms with Crippen molar-refractivity contribution in [2.24, 2.45) is 5.73 Å². The molecule has 1 aromatic heterocycles. The third kappa shape index (κ3) is 12.9. The highest BCUT2D eigenvalue weighted by Gasteiger charge is 2.35. The van der Waals surface area contributed by atoms with Gasteiger partial charge in [-0.1, -0.05) is 78.9 Å². The first-order valence-electron chi connectivity index (χ1n) is 18.3. The van der Waals surface area contributed by atoms with Gasteiger partial charge in [0.25, 0.3) is 0 Å². The van der Waals surface area contributed by atoms with Gasteiger partial charge in [-0.15, -0.1) is 0 Å². The van der Waals surface area contributed by atoms with Crippen LogP contribution in [0.5, 0.6) is 0 Å². The summed E-state index contributed by atoms with van der Waals surface area (Å²) >= 11 is 3.96. The molecule has 0 bridgehead atoms. The van der Waals surface area contributed by atoms with E-state index in [1.54, 1.807) is 66.9 Å². The Bertz CT molecular complexity index is 2060. The first kappa shape index (κ1) is 44.5. The number of hydrogen-bond donors (Lipinski definition) is 11. The molecular weight excluding hydrogens is 771 g/mol. The van der Waals surface area contributed by atoms with Gasteiger partial charge in [-0.25, -0.2) is 4.79 Å². The van der Waals surface area contributed by atoms with E-state index in [1.165, 1.54) is 6.92 Å². The van der Waals surface area contributed by atoms with Crippen molar-refractivity contribution in [2.45, 2.75) is 75.0 Å². The molecule has 3 aromatic carbocycles. The summed E-state index contributed by atoms with van der Waals surface area (Å²) < 4.78 is 0. The number of thiol groups is 1. The minimum atomic E-state index is -1.79. The lowest BCUT2D eigenvalue weighted by molar-refractivity contribution is -0.143. The van der Waals surface area contributed by atoms with Gasteiger partial charge < -0.3 is 52.6 Å². The summed E-state index contributed by atoms with van der Waals surface area (Å²) in [4.78, 5) is 94.6. The summed E-state index contributed by atoms with van der Waals surface area (Å²) in [5.41, 5.74) is 8.94. The molecule has 0 spiro atoms. The second kappa shape index (κ2) is 21.3. The zero-order chi connectivity index (χ0) is 42.4. The van der Waals surface area contributed by atoms with E-state index in [4.69, 9.17) is 5.73 Å². The summed E-state index contributed by atoms with van der Waals surface area (Å²) in [6.45, 7) is 1.26. The van der Waals surface area contributed by atoms with Gasteiger partial charge in [-0.05, 0) is 36.1 Å². The zero-order valence-electron chi connectivity index (χ0n) is 31.5. The number of nitrogens with one attached hydrogen (secondary N) is 6. The largest absolute Gasteiger partial charge is 0.481 e. The maximum atomic E-state index is 13.9. The number of fused-ring (bicyclic) bond motifs is 1. The third-order valence-corrected chi connectivity index (χ3v) is 9.52. The lowest BCUT2D eigenvalue weighted by Crippen LogP contribution is -2.61. The number of aliphatic hydroxyl groups is 1. The lowest BCUT2D eigenvalue weighted by Gasteiger charge is -2.27. The van der Waals surface area contributed by atoms with Crippen molar-refractivity contribution >= 4 is 65.0 Å². The molecule has 7 atom stereocenters. The predicted octanol–water partition coefficient (Wildman–Crippen LogP) is -0.183. The van der Waals surface area contributed by atoms with E-state index in [2.05, 4.69) is 44.2 Å². The Morgan fingerprint density at radius 2 is 1.12 bits per heavy atom. The van der Waals surface area contributed by atoms with E-state index in [-0.39, 0.29) is 25.0 Å². The highest BCUT2D eigenvalue weighted by Crippen LogP contribution is 2.19. The Balaban J connectivity index is 1.53. The molecule has 0 saturated heterocycles. The maximum absolute atomic E-state index is 13.9. The van der Waals surface area contributed by atoms with E-state index in [0.717, 1.165) is 16.5 Å². The summed E-state index contributed by atoms with van der Waals surface area (Å²) in [5, 5.41) is 42.7. The third-order valence-electron chi connectivity index (χ3n) is 9.15. The highest BCUT2D eigenvalue weighted by molar-refractivity contribution is 7.80. The van der Waals surface area contributed by atoms with Crippen LogP contribution in [0.2, 0.25) is 0 Å². The van der Waals surface area contributed by atoms with Gasteiger partial charge in [-0.2, -0.15) is 12.6 Å². The molecule has 0 aliphatic heterocycles. The molecule has 18 heteroatoms. The summed E-state index contributed by atoms with van der Waals surface area (Å²) in [6, 6.07) is 15.4. The summed E-state index contributed by atoms with van der Waals surface area (Å²) in [7, 11) is 0. The van der Waals surface area contributed by atoms with Gasteiger partial charge in [0.15, 0.2) is 0 Å². The maximum Gasteiger partial charge on any atom is 0.327 e. The van der Waals surface area contributed by atoms with Crippen molar-refractivity contribution < 1.29 is 48.9 Å². The number of hydrogen-bond acceptors (Lipinski definition) is 10. The number of carboxylic acids is 2. The summed E-state index contributed by atoms with van der Waals surface area (Å²) in [5.74, 6) is -7.86. The van der Waals surface area contributed by atoms with E-state index in [1.807, 2.05) is 24.3 Å². The molecule has 17 nitrogen and oxygen atoms in total. The standard InChI is InChI=1S/C40H47N7O10S/c1-22(48)34(47-35(51)27(41)18-25-20-42-28-15-9-8-14-26(25)28)39(55)45-30(17-24-12-6-3-7-13-24)36(52)44-31(19-33(49)50)38(54)43-29(16-23-10-4-2-5-11-23)37(53)46-32(21-58)40(56)57/h2-15,20,22,27,29-32,34,42,48,58H,16-19,21,41H2,1H3,(H,43,54)(H,44,52)(H,45,55)(H,46,53)(H,47,51)(H,49,50)(H,56,57)/t22-,27+,29+,30+,31+,32+,34+/m1/s1. The van der Waals surface area contributed by atoms with Crippen LogP contribution in [0.15, 0.2) is 91.1 Å². The molecule has 1 heterocycles. The Labute approximate surface area is 338 Å². The van der Waals surface area contributed by atoms with Crippen molar-refractivity contribution in [3.8, 4) is 0 Å². The number of H-pyrrole nitrogens is 1. The smallest absolute Gasteiger partial charge is 0.327 e. The number of rotatable bonds is 21. The van der Waals surface area contributed by atoms with E-state index in [0.29, 0.717) is 11.1 Å². The number of aliphatic hydroxyl groups excluding tert-OH is 1. The van der Waals surface area contributed by atoms with Crippen molar-refractivity contribution in [2.75, 3.05) is 5.75 Å². The number of aromatic nitrogens is 1. The van der Waals surface area contributed by atoms with E-state index >= 15 is 0 Å². The second-order valence-corrected chi connectivity index (χ2v) is 14.0. The predicted molar refractivity (Wildman–Crippen MR) is 215 cm³/mol. The number of para-hydroxylation sites is 1. The number of carbonyl (C=O) groups excluding carboxylic acids is 5. The van der Waals surface area contributed by atoms with Gasteiger partial charge in [0.05, 0.1) is 18.6 Å². The molecule has 0 fully saturated rings. The molecule has 58 heavy (non-hydrogen) atoms. The van der Waals surface area contributed by atoms with E-state index in [9.17, 15) is 48.9 Å². The fourth-order valence-corrected chi connectivity index (χ4v) is 6.31. The lowest BCUT2D eigenvalue weighted by atomic mass is 10.0. The van der Waals surface area contributed by atoms with Crippen molar-refractivity contribution in [3.05, 3.63) is 108 Å². The zero-order valence-corrected chi connectivity index (χ0v) is 32.4. The molecular formula is C40H47N7O10S. The number of nitrogens with two attached hydrogens (primary N) is 1. The minimum Gasteiger partial charge on any atom is -0.481 e. The number of aromatic amines is 1. The Morgan fingerprint density at radius 3 is 1.64 bits per heavy atom. The second-order valence-electron chi connectivity index (χ2n) is 13.6. The number of amides is 5. The highest BCUT2D eigenvalue weighted by atomic mass is 32.1. The topological polar surface area (TPSA) is 282 Å². The van der Waals surface area contributed by atoms with Crippen LogP contribution in [0.3, 0.4) is 0 Å². The first-order chi connectivity index (χ1) is 27.7. The molecule has 308 valence electrons. The van der Waals surface area contributed by atoms with Gasteiger partial charge in [-0.3, -0.25) is 28.8 Å². The molecule has 4 rings (SSSR count). The van der Waals surface area contributed by atoms with Gasteiger partial charge >= 0.3 is 11.9 Å². The van der Waals surface area contributed by atoms with Crippen LogP contribution in [-0.4, -0.2) is 110 Å². The van der Waals surface area contributed by atoms with Crippen LogP contribution in [0, 0.1) is 0 Å². The van der Waals surface area contributed by atoms with Gasteiger partial charge in [0.1, 0.15) is 30.2 Å². The van der Waals surface area contributed by atoms with E-state index < -0.39 is 90.3 Å². The Kier molecular flexibility index (Phi) is 16.4. The first-order valence-corrected chi connectivity index (χ1v) is 18.9.